The van der Waals surface area contributed by atoms with E-state index in [0.717, 1.165) is 0 Å². The first-order valence-corrected chi connectivity index (χ1v) is 18.8. The number of terminal acetylenes is 1. The van der Waals surface area contributed by atoms with E-state index in [2.05, 4.69) is 16.6 Å². The number of likely N-dealkylation sites (tertiary alicyclic amines) is 1. The van der Waals surface area contributed by atoms with E-state index in [9.17, 15) is 33.6 Å². The van der Waals surface area contributed by atoms with Gasteiger partial charge in [0.15, 0.2) is 11.6 Å². The van der Waals surface area contributed by atoms with Gasteiger partial charge >= 0.3 is 6.09 Å². The number of piperidine rings is 1. The lowest BCUT2D eigenvalue weighted by Gasteiger charge is -2.37. The number of amides is 4. The van der Waals surface area contributed by atoms with Crippen LogP contribution in [0.4, 0.5) is 4.79 Å². The van der Waals surface area contributed by atoms with Crippen molar-refractivity contribution < 1.29 is 38.3 Å². The van der Waals surface area contributed by atoms with Gasteiger partial charge in [-0.05, 0) is 58.9 Å². The second-order valence-corrected chi connectivity index (χ2v) is 16.5. The summed E-state index contributed by atoms with van der Waals surface area (Å²) in [4.78, 5) is 97.1. The molecular weight excluding hydrogens is 700 g/mol. The van der Waals surface area contributed by atoms with Crippen molar-refractivity contribution in [2.75, 3.05) is 20.6 Å². The van der Waals surface area contributed by atoms with Crippen LogP contribution in [-0.4, -0.2) is 83.7 Å². The van der Waals surface area contributed by atoms with Crippen molar-refractivity contribution >= 4 is 41.2 Å². The normalized spacial score (nSPS) is 19.8. The Bertz CT molecular complexity index is 1820. The van der Waals surface area contributed by atoms with E-state index in [1.165, 1.54) is 9.80 Å². The summed E-state index contributed by atoms with van der Waals surface area (Å²) in [5.41, 5.74) is 0.211. The fraction of sp³-hybridized carbons (Fsp3) is 0.512. The lowest BCUT2D eigenvalue weighted by Crippen LogP contribution is -2.58. The highest BCUT2D eigenvalue weighted by Crippen LogP contribution is 2.65. The zero-order chi connectivity index (χ0) is 40.8. The molecule has 0 radical (unpaired) electrons. The summed E-state index contributed by atoms with van der Waals surface area (Å²) in [5, 5.41) is 5.40. The van der Waals surface area contributed by atoms with E-state index in [1.807, 2.05) is 20.8 Å². The molecule has 294 valence electrons. The zero-order valence-corrected chi connectivity index (χ0v) is 33.1. The van der Waals surface area contributed by atoms with Gasteiger partial charge in [0.05, 0.1) is 6.04 Å². The van der Waals surface area contributed by atoms with Crippen molar-refractivity contribution in [1.82, 2.24) is 20.4 Å². The van der Waals surface area contributed by atoms with Crippen LogP contribution in [0.2, 0.25) is 0 Å². The number of hydrogen-bond donors (Lipinski definition) is 2. The van der Waals surface area contributed by atoms with Crippen molar-refractivity contribution in [1.29, 1.82) is 0 Å². The SMILES string of the molecule is C#Cc1ccc(OC(=O)N[C@H](C(=O)N2CC3C([C@H]2C(=O)CC(CCC)C(=O)C(=O)CCC(=O)N[C@H](C(=O)N(C)C)c2ccccc2)C3(C)C)C(C)(C)C)cc1. The quantitative estimate of drug-likeness (QED) is 0.181. The molecular formula is C43H54N4O8. The van der Waals surface area contributed by atoms with Crippen molar-refractivity contribution in [3.63, 3.8) is 0 Å². The molecule has 1 saturated heterocycles. The lowest BCUT2D eigenvalue weighted by atomic mass is 9.84. The number of fused-ring (bicyclic) bond motifs is 1. The molecule has 12 heteroatoms. The van der Waals surface area contributed by atoms with Crippen LogP contribution in [-0.2, 0) is 28.8 Å². The molecule has 2 fully saturated rings. The molecule has 2 aromatic carbocycles. The molecule has 6 atom stereocenters. The molecule has 12 nitrogen and oxygen atoms in total. The highest BCUT2D eigenvalue weighted by atomic mass is 16.6. The fourth-order valence-corrected chi connectivity index (χ4v) is 7.61. The van der Waals surface area contributed by atoms with Crippen molar-refractivity contribution in [3.05, 3.63) is 65.7 Å². The Morgan fingerprint density at radius 2 is 1.60 bits per heavy atom. The Balaban J connectivity index is 1.44. The number of Topliss-reactive ketones (excluding diaryl/α,β-unsaturated/α-hetero) is 3. The standard InChI is InChI=1S/C43H54N4O8/c1-10-15-28(37(51)31(48)22-23-33(50)44-35(39(52)46(8)9)27-16-13-12-14-17-27)24-32(49)36-34-30(43(34,6)7)25-47(36)40(53)38(42(3,4)5)45-41(54)55-29-20-18-26(11-2)19-21-29/h2,12-14,16-21,28,30,34-36,38H,10,15,22-25H2,1,3-9H3,(H,44,50)(H,45,54)/t28?,30?,34?,35-,36+,38+/m0/s1. The molecule has 1 aliphatic carbocycles. The second kappa shape index (κ2) is 17.4. The highest BCUT2D eigenvalue weighted by Gasteiger charge is 2.69. The van der Waals surface area contributed by atoms with Crippen LogP contribution in [0.25, 0.3) is 0 Å². The van der Waals surface area contributed by atoms with Gasteiger partial charge in [0.2, 0.25) is 23.5 Å². The third-order valence-corrected chi connectivity index (χ3v) is 10.9. The summed E-state index contributed by atoms with van der Waals surface area (Å²) < 4.78 is 5.44. The largest absolute Gasteiger partial charge is 0.413 e. The molecule has 0 bridgehead atoms. The predicted octanol–water partition coefficient (Wildman–Crippen LogP) is 4.89. The molecule has 1 saturated carbocycles. The van der Waals surface area contributed by atoms with Crippen LogP contribution < -0.4 is 15.4 Å². The number of carbonyl (C=O) groups excluding carboxylic acids is 7. The summed E-state index contributed by atoms with van der Waals surface area (Å²) >= 11 is 0. The molecule has 1 aliphatic heterocycles. The maximum Gasteiger partial charge on any atom is 0.413 e. The van der Waals surface area contributed by atoms with Gasteiger partial charge in [-0.25, -0.2) is 4.79 Å². The van der Waals surface area contributed by atoms with Gasteiger partial charge in [-0.3, -0.25) is 28.8 Å². The Morgan fingerprint density at radius 3 is 2.16 bits per heavy atom. The maximum absolute atomic E-state index is 14.3. The zero-order valence-electron chi connectivity index (χ0n) is 33.1. The lowest BCUT2D eigenvalue weighted by molar-refractivity contribution is -0.145. The summed E-state index contributed by atoms with van der Waals surface area (Å²) in [5.74, 6) is -1.46. The number of nitrogens with one attached hydrogen (secondary N) is 2. The van der Waals surface area contributed by atoms with E-state index < -0.39 is 58.9 Å². The number of rotatable bonds is 16. The first-order chi connectivity index (χ1) is 25.8. The Morgan fingerprint density at radius 1 is 0.964 bits per heavy atom. The van der Waals surface area contributed by atoms with Crippen LogP contribution in [0.3, 0.4) is 0 Å². The smallest absolute Gasteiger partial charge is 0.410 e. The van der Waals surface area contributed by atoms with Gasteiger partial charge in [0.25, 0.3) is 0 Å². The Hall–Kier alpha value is -5.31. The summed E-state index contributed by atoms with van der Waals surface area (Å²) in [7, 11) is 3.15. The Labute approximate surface area is 324 Å². The first kappa shape index (κ1) is 42.4. The van der Waals surface area contributed by atoms with E-state index in [0.29, 0.717) is 24.1 Å². The van der Waals surface area contributed by atoms with Gasteiger partial charge in [-0.1, -0.05) is 84.2 Å². The van der Waals surface area contributed by atoms with E-state index in [4.69, 9.17) is 11.2 Å². The molecule has 0 spiro atoms. The molecule has 2 N–H and O–H groups in total. The van der Waals surface area contributed by atoms with Gasteiger partial charge in [0.1, 0.15) is 17.8 Å². The van der Waals surface area contributed by atoms with E-state index in [-0.39, 0.29) is 60.4 Å². The third kappa shape index (κ3) is 10.1. The average Bonchev–Trinajstić information content (AvgIpc) is 3.43. The molecule has 1 heterocycles. The van der Waals surface area contributed by atoms with Gasteiger partial charge < -0.3 is 25.2 Å². The predicted molar refractivity (Wildman–Crippen MR) is 206 cm³/mol. The van der Waals surface area contributed by atoms with Crippen LogP contribution in [0.15, 0.2) is 54.6 Å². The first-order valence-electron chi connectivity index (χ1n) is 18.8. The van der Waals surface area contributed by atoms with Crippen LogP contribution in [0.5, 0.6) is 5.75 Å². The van der Waals surface area contributed by atoms with Crippen LogP contribution in [0.1, 0.15) is 90.8 Å². The number of ketones is 3. The molecule has 0 aromatic heterocycles. The van der Waals surface area contributed by atoms with Crippen LogP contribution >= 0.6 is 0 Å². The number of ether oxygens (including phenoxy) is 1. The summed E-state index contributed by atoms with van der Waals surface area (Å²) in [6.45, 7) is 11.7. The van der Waals surface area contributed by atoms with E-state index in [1.54, 1.807) is 89.5 Å². The topological polar surface area (TPSA) is 159 Å². The minimum Gasteiger partial charge on any atom is -0.410 e. The summed E-state index contributed by atoms with van der Waals surface area (Å²) in [6.07, 6.45) is 4.43. The molecule has 3 unspecified atom stereocenters. The minimum absolute atomic E-state index is 0.0483. The molecule has 4 amide bonds. The van der Waals surface area contributed by atoms with Crippen molar-refractivity contribution in [2.24, 2.45) is 28.6 Å². The molecule has 4 rings (SSSR count). The minimum atomic E-state index is -1.05. The number of nitrogens with zero attached hydrogens (tertiary/aromatic N) is 2. The molecule has 55 heavy (non-hydrogen) atoms. The third-order valence-electron chi connectivity index (χ3n) is 10.9. The molecule has 2 aromatic rings. The summed E-state index contributed by atoms with van der Waals surface area (Å²) in [6, 6.07) is 12.2. The number of hydrogen-bond acceptors (Lipinski definition) is 8. The van der Waals surface area contributed by atoms with Gasteiger partial charge in [0, 0.05) is 51.4 Å². The van der Waals surface area contributed by atoms with Crippen molar-refractivity contribution in [2.45, 2.75) is 91.8 Å². The van der Waals surface area contributed by atoms with Crippen LogP contribution in [0, 0.1) is 40.9 Å². The maximum atomic E-state index is 14.3. The van der Waals surface area contributed by atoms with Crippen molar-refractivity contribution in [3.8, 4) is 18.1 Å². The number of likely N-dealkylation sites (N-methyl/N-ethyl adjacent to an activating group) is 1. The number of carbonyl (C=O) groups is 7. The van der Waals surface area contributed by atoms with Gasteiger partial charge in [-0.15, -0.1) is 6.42 Å². The molecule has 2 aliphatic rings. The average molecular weight is 755 g/mol. The Kier molecular flexibility index (Phi) is 13.5. The number of benzene rings is 2. The monoisotopic (exact) mass is 754 g/mol. The fourth-order valence-electron chi connectivity index (χ4n) is 7.61. The highest BCUT2D eigenvalue weighted by molar-refractivity contribution is 6.38. The second-order valence-electron chi connectivity index (χ2n) is 16.5. The van der Waals surface area contributed by atoms with E-state index >= 15 is 0 Å². The van der Waals surface area contributed by atoms with Gasteiger partial charge in [-0.2, -0.15) is 0 Å².